The third kappa shape index (κ3) is 9.12. The van der Waals surface area contributed by atoms with Crippen molar-refractivity contribution < 1.29 is 18.9 Å². The third-order valence-electron chi connectivity index (χ3n) is 6.25. The van der Waals surface area contributed by atoms with Gasteiger partial charge < -0.3 is 28.7 Å². The average Bonchev–Trinajstić information content (AvgIpc) is 3.56. The van der Waals surface area contributed by atoms with E-state index in [1.807, 2.05) is 0 Å². The molecule has 0 spiro atoms. The van der Waals surface area contributed by atoms with E-state index in [1.54, 1.807) is 0 Å². The predicted molar refractivity (Wildman–Crippen MR) is 149 cm³/mol. The van der Waals surface area contributed by atoms with E-state index in [2.05, 4.69) is 54.5 Å². The molecule has 37 heavy (non-hydrogen) atoms. The van der Waals surface area contributed by atoms with Gasteiger partial charge in [-0.3, -0.25) is 0 Å². The number of nitrogens with zero attached hydrogens (tertiary/aromatic N) is 5. The van der Waals surface area contributed by atoms with Crippen molar-refractivity contribution in [3.05, 3.63) is 28.8 Å². The zero-order chi connectivity index (χ0) is 25.7. The van der Waals surface area contributed by atoms with Gasteiger partial charge in [0, 0.05) is 70.8 Å². The van der Waals surface area contributed by atoms with E-state index in [4.69, 9.17) is 18.9 Å². The molecule has 2 aliphatic rings. The zero-order valence-corrected chi connectivity index (χ0v) is 23.7. The van der Waals surface area contributed by atoms with Crippen molar-refractivity contribution in [3.8, 4) is 11.8 Å². The fraction of sp³-hybridized carbons (Fsp3) is 0.654. The number of aromatic nitrogens is 3. The summed E-state index contributed by atoms with van der Waals surface area (Å²) in [5, 5.41) is 2.09. The molecule has 9 nitrogen and oxygen atoms in total. The first kappa shape index (κ1) is 28.1. The highest BCUT2D eigenvalue weighted by atomic mass is 32.1. The van der Waals surface area contributed by atoms with E-state index in [-0.39, 0.29) is 0 Å². The van der Waals surface area contributed by atoms with Crippen molar-refractivity contribution >= 4 is 34.4 Å². The van der Waals surface area contributed by atoms with Crippen LogP contribution in [0.25, 0.3) is 11.1 Å². The summed E-state index contributed by atoms with van der Waals surface area (Å²) in [4.78, 5) is 4.61. The molecule has 0 aromatic carbocycles. The largest absolute Gasteiger partial charge is 0.477 e. The Morgan fingerprint density at radius 1 is 0.730 bits per heavy atom. The van der Waals surface area contributed by atoms with Gasteiger partial charge in [0.05, 0.1) is 30.5 Å². The van der Waals surface area contributed by atoms with Gasteiger partial charge in [0.1, 0.15) is 5.69 Å². The van der Waals surface area contributed by atoms with Crippen LogP contribution in [0.3, 0.4) is 0 Å². The van der Waals surface area contributed by atoms with Crippen LogP contribution >= 0.6 is 23.3 Å². The quantitative estimate of drug-likeness (QED) is 0.288. The summed E-state index contributed by atoms with van der Waals surface area (Å²) in [6.45, 7) is 7.93. The summed E-state index contributed by atoms with van der Waals surface area (Å²) in [5.41, 5.74) is 4.55. The molecular formula is C26H39N5O4S2. The van der Waals surface area contributed by atoms with Crippen molar-refractivity contribution in [2.24, 2.45) is 0 Å². The minimum atomic E-state index is 0.576. The molecule has 2 aromatic rings. The van der Waals surface area contributed by atoms with Crippen molar-refractivity contribution in [3.63, 3.8) is 0 Å². The molecule has 0 atom stereocenters. The van der Waals surface area contributed by atoms with Crippen molar-refractivity contribution in [1.82, 2.24) is 22.9 Å². The molecule has 0 fully saturated rings. The Hall–Kier alpha value is -1.89. The molecule has 4 rings (SSSR count). The van der Waals surface area contributed by atoms with Crippen LogP contribution in [-0.4, -0.2) is 103 Å². The summed E-state index contributed by atoms with van der Waals surface area (Å²) >= 11 is 2.66. The van der Waals surface area contributed by atoms with E-state index < -0.39 is 0 Å². The van der Waals surface area contributed by atoms with Gasteiger partial charge >= 0.3 is 0 Å². The summed E-state index contributed by atoms with van der Waals surface area (Å²) in [7, 11) is 4.27. The van der Waals surface area contributed by atoms with E-state index in [0.29, 0.717) is 45.5 Å². The summed E-state index contributed by atoms with van der Waals surface area (Å²) in [5.74, 6) is 1.40. The molecular weight excluding hydrogens is 510 g/mol. The van der Waals surface area contributed by atoms with Crippen LogP contribution in [-0.2, 0) is 9.47 Å². The molecule has 0 aliphatic carbocycles. The van der Waals surface area contributed by atoms with Gasteiger partial charge in [-0.2, -0.15) is 8.75 Å². The van der Waals surface area contributed by atoms with Gasteiger partial charge in [-0.25, -0.2) is 0 Å². The molecule has 0 saturated heterocycles. The molecule has 204 valence electrons. The number of ether oxygens (including phenoxy) is 4. The Balaban J connectivity index is 0.981. The van der Waals surface area contributed by atoms with Crippen LogP contribution in [0.1, 0.15) is 43.4 Å². The van der Waals surface area contributed by atoms with Crippen LogP contribution in [0.4, 0.5) is 0 Å². The fourth-order valence-corrected chi connectivity index (χ4v) is 5.48. The minimum Gasteiger partial charge on any atom is -0.477 e. The molecule has 4 heterocycles. The zero-order valence-electron chi connectivity index (χ0n) is 22.0. The summed E-state index contributed by atoms with van der Waals surface area (Å²) < 4.78 is 36.4. The maximum Gasteiger partial charge on any atom is 0.253 e. The Bertz CT molecular complexity index is 931. The molecule has 0 radical (unpaired) electrons. The van der Waals surface area contributed by atoms with Crippen molar-refractivity contribution in [1.29, 1.82) is 0 Å². The number of rotatable bonds is 16. The monoisotopic (exact) mass is 549 g/mol. The Labute approximate surface area is 228 Å². The normalized spacial score (nSPS) is 17.0. The summed E-state index contributed by atoms with van der Waals surface area (Å²) in [6.07, 6.45) is 9.20. The van der Waals surface area contributed by atoms with Crippen LogP contribution in [0, 0.1) is 0 Å². The van der Waals surface area contributed by atoms with E-state index in [0.717, 1.165) is 75.4 Å². The SMILES string of the molecule is CN1CCC=C(c2csnc2OCCCOCCCOCCCOc2nsnc2C2=CCCN(C)C2)C1. The predicted octanol–water partition coefficient (Wildman–Crippen LogP) is 4.09. The number of hydrogen-bond donors (Lipinski definition) is 0. The van der Waals surface area contributed by atoms with Gasteiger partial charge in [0.15, 0.2) is 0 Å². The van der Waals surface area contributed by atoms with E-state index >= 15 is 0 Å². The van der Waals surface area contributed by atoms with Gasteiger partial charge in [-0.15, -0.1) is 4.37 Å². The highest BCUT2D eigenvalue weighted by Crippen LogP contribution is 2.30. The maximum absolute atomic E-state index is 5.93. The van der Waals surface area contributed by atoms with Crippen LogP contribution in [0.5, 0.6) is 11.8 Å². The van der Waals surface area contributed by atoms with Crippen molar-refractivity contribution in [2.75, 3.05) is 79.9 Å². The number of hydrogen-bond acceptors (Lipinski definition) is 11. The second-order valence-corrected chi connectivity index (χ2v) is 10.6. The lowest BCUT2D eigenvalue weighted by atomic mass is 10.0. The molecule has 2 aliphatic heterocycles. The van der Waals surface area contributed by atoms with Crippen LogP contribution in [0.15, 0.2) is 17.5 Å². The molecule has 0 bridgehead atoms. The molecule has 0 unspecified atom stereocenters. The van der Waals surface area contributed by atoms with Crippen molar-refractivity contribution in [2.45, 2.75) is 32.1 Å². The first-order valence-corrected chi connectivity index (χ1v) is 14.7. The Morgan fingerprint density at radius 3 is 2.00 bits per heavy atom. The Kier molecular flexibility index (Phi) is 11.8. The first-order valence-electron chi connectivity index (χ1n) is 13.1. The van der Waals surface area contributed by atoms with Gasteiger partial charge in [0.2, 0.25) is 5.88 Å². The molecule has 2 aromatic heterocycles. The molecule has 0 amide bonds. The van der Waals surface area contributed by atoms with Gasteiger partial charge in [0.25, 0.3) is 5.88 Å². The lowest BCUT2D eigenvalue weighted by molar-refractivity contribution is 0.0727. The molecule has 0 saturated carbocycles. The highest BCUT2D eigenvalue weighted by molar-refractivity contribution is 7.04. The third-order valence-corrected chi connectivity index (χ3v) is 7.37. The van der Waals surface area contributed by atoms with Crippen LogP contribution < -0.4 is 9.47 Å². The standard InChI is InChI=1S/C26H39N5O4S2/c1-30-10-3-8-21(18-30)23-20-36-28-25(23)34-16-6-14-32-12-5-13-33-15-7-17-35-26-24(27-37-29-26)22-9-4-11-31(2)19-22/h8-9,20H,3-7,10-19H2,1-2H3. The summed E-state index contributed by atoms with van der Waals surface area (Å²) in [6, 6.07) is 0. The van der Waals surface area contributed by atoms with Gasteiger partial charge in [-0.1, -0.05) is 12.2 Å². The Morgan fingerprint density at radius 2 is 1.32 bits per heavy atom. The average molecular weight is 550 g/mol. The van der Waals surface area contributed by atoms with Gasteiger partial charge in [-0.05, 0) is 56.0 Å². The fourth-order valence-electron chi connectivity index (χ4n) is 4.30. The number of likely N-dealkylation sites (N-methyl/N-ethyl adjacent to an activating group) is 2. The van der Waals surface area contributed by atoms with E-state index in [1.165, 1.54) is 34.4 Å². The molecule has 11 heteroatoms. The smallest absolute Gasteiger partial charge is 0.253 e. The second-order valence-electron chi connectivity index (χ2n) is 9.45. The second kappa shape index (κ2) is 15.5. The molecule has 0 N–H and O–H groups in total. The maximum atomic E-state index is 5.93. The lowest BCUT2D eigenvalue weighted by Crippen LogP contribution is -2.25. The van der Waals surface area contributed by atoms with E-state index in [9.17, 15) is 0 Å². The van der Waals surface area contributed by atoms with Crippen LogP contribution in [0.2, 0.25) is 0 Å². The first-order chi connectivity index (χ1) is 18.2. The minimum absolute atomic E-state index is 0.576. The lowest BCUT2D eigenvalue weighted by Gasteiger charge is -2.22. The topological polar surface area (TPSA) is 82.1 Å². The highest BCUT2D eigenvalue weighted by Gasteiger charge is 2.19.